The molecule has 0 aliphatic heterocycles. The molecule has 2 aromatic rings. The van der Waals surface area contributed by atoms with Crippen LogP contribution in [-0.2, 0) is 6.42 Å². The number of hydrogen-bond donors (Lipinski definition) is 1. The van der Waals surface area contributed by atoms with Gasteiger partial charge in [-0.15, -0.1) is 0 Å². The monoisotopic (exact) mass is 304 g/mol. The fourth-order valence-corrected chi connectivity index (χ4v) is 2.66. The predicted octanol–water partition coefficient (Wildman–Crippen LogP) is 4.34. The highest BCUT2D eigenvalue weighted by Gasteiger charge is 2.11. The minimum atomic E-state index is -0.445. The van der Waals surface area contributed by atoms with Gasteiger partial charge in [-0.1, -0.05) is 51.8 Å². The zero-order valence-electron chi connectivity index (χ0n) is 10.7. The van der Waals surface area contributed by atoms with Crippen molar-refractivity contribution in [2.75, 3.05) is 0 Å². The van der Waals surface area contributed by atoms with Crippen molar-refractivity contribution >= 4 is 15.9 Å². The van der Waals surface area contributed by atoms with E-state index in [2.05, 4.69) is 41.1 Å². The average Bonchev–Trinajstić information content (AvgIpc) is 2.28. The van der Waals surface area contributed by atoms with E-state index >= 15 is 0 Å². The van der Waals surface area contributed by atoms with E-state index in [1.165, 1.54) is 11.1 Å². The Morgan fingerprint density at radius 3 is 2.56 bits per heavy atom. The highest BCUT2D eigenvalue weighted by molar-refractivity contribution is 9.10. The molecule has 0 bridgehead atoms. The molecule has 0 saturated carbocycles. The first-order chi connectivity index (χ1) is 8.56. The fourth-order valence-electron chi connectivity index (χ4n) is 2.19. The first-order valence-electron chi connectivity index (χ1n) is 6.06. The summed E-state index contributed by atoms with van der Waals surface area (Å²) in [4.78, 5) is 0. The number of benzene rings is 2. The zero-order chi connectivity index (χ0) is 13.1. The molecule has 0 fully saturated rings. The van der Waals surface area contributed by atoms with Gasteiger partial charge in [-0.25, -0.2) is 0 Å². The van der Waals surface area contributed by atoms with Crippen LogP contribution in [0.4, 0.5) is 0 Å². The van der Waals surface area contributed by atoms with Gasteiger partial charge in [-0.2, -0.15) is 0 Å². The predicted molar refractivity (Wildman–Crippen MR) is 78.7 cm³/mol. The molecule has 1 nitrogen and oxygen atoms in total. The summed E-state index contributed by atoms with van der Waals surface area (Å²) in [6.45, 7) is 4.10. The van der Waals surface area contributed by atoms with Crippen molar-refractivity contribution in [3.63, 3.8) is 0 Å². The van der Waals surface area contributed by atoms with Gasteiger partial charge in [0.2, 0.25) is 0 Å². The molecule has 1 N–H and O–H groups in total. The van der Waals surface area contributed by atoms with Crippen LogP contribution in [0.15, 0.2) is 46.9 Å². The molecule has 0 spiro atoms. The molecule has 0 heterocycles. The lowest BCUT2D eigenvalue weighted by Gasteiger charge is -2.14. The third-order valence-electron chi connectivity index (χ3n) is 3.10. The van der Waals surface area contributed by atoms with Crippen molar-refractivity contribution in [1.29, 1.82) is 0 Å². The molecule has 0 radical (unpaired) electrons. The zero-order valence-corrected chi connectivity index (χ0v) is 12.2. The Hall–Kier alpha value is -1.12. The number of aryl methyl sites for hydroxylation is 2. The van der Waals surface area contributed by atoms with Gasteiger partial charge < -0.3 is 5.11 Å². The van der Waals surface area contributed by atoms with E-state index in [1.54, 1.807) is 0 Å². The summed E-state index contributed by atoms with van der Waals surface area (Å²) in [7, 11) is 0. The Balaban J connectivity index is 2.19. The van der Waals surface area contributed by atoms with Crippen LogP contribution in [-0.4, -0.2) is 5.11 Å². The molecule has 2 rings (SSSR count). The maximum Gasteiger partial charge on any atom is 0.0832 e. The van der Waals surface area contributed by atoms with Crippen molar-refractivity contribution in [2.24, 2.45) is 0 Å². The second-order valence-electron chi connectivity index (χ2n) is 4.71. The third-order valence-corrected chi connectivity index (χ3v) is 3.60. The highest BCUT2D eigenvalue weighted by atomic mass is 79.9. The molecule has 1 atom stereocenters. The highest BCUT2D eigenvalue weighted by Crippen LogP contribution is 2.24. The molecular formula is C16H17BrO. The summed E-state index contributed by atoms with van der Waals surface area (Å²) >= 11 is 3.44. The lowest BCUT2D eigenvalue weighted by molar-refractivity contribution is 0.177. The molecular weight excluding hydrogens is 288 g/mol. The Kier molecular flexibility index (Phi) is 4.20. The van der Waals surface area contributed by atoms with E-state index in [0.29, 0.717) is 6.42 Å². The van der Waals surface area contributed by atoms with Crippen molar-refractivity contribution in [1.82, 2.24) is 0 Å². The SMILES string of the molecule is Cc1cccc(CC(O)c2ccc(Br)cc2C)c1. The van der Waals surface area contributed by atoms with Gasteiger partial charge in [0, 0.05) is 10.9 Å². The van der Waals surface area contributed by atoms with Crippen molar-refractivity contribution < 1.29 is 5.11 Å². The largest absolute Gasteiger partial charge is 0.388 e. The second kappa shape index (κ2) is 5.68. The van der Waals surface area contributed by atoms with E-state index in [9.17, 15) is 5.11 Å². The normalized spacial score (nSPS) is 12.4. The molecule has 0 aliphatic rings. The smallest absolute Gasteiger partial charge is 0.0832 e. The van der Waals surface area contributed by atoms with Gasteiger partial charge in [0.15, 0.2) is 0 Å². The maximum absolute atomic E-state index is 10.3. The Bertz CT molecular complexity index is 549. The average molecular weight is 305 g/mol. The molecule has 1 unspecified atom stereocenters. The first-order valence-corrected chi connectivity index (χ1v) is 6.85. The van der Waals surface area contributed by atoms with Crippen LogP contribution in [0.2, 0.25) is 0 Å². The van der Waals surface area contributed by atoms with Crippen LogP contribution in [0.3, 0.4) is 0 Å². The number of hydrogen-bond acceptors (Lipinski definition) is 1. The number of aliphatic hydroxyl groups is 1. The first kappa shape index (κ1) is 13.3. The van der Waals surface area contributed by atoms with E-state index in [-0.39, 0.29) is 0 Å². The van der Waals surface area contributed by atoms with Crippen LogP contribution < -0.4 is 0 Å². The lowest BCUT2D eigenvalue weighted by Crippen LogP contribution is -2.04. The van der Waals surface area contributed by atoms with E-state index in [1.807, 2.05) is 31.2 Å². The van der Waals surface area contributed by atoms with Gasteiger partial charge in [-0.3, -0.25) is 0 Å². The number of rotatable bonds is 3. The molecule has 2 heteroatoms. The molecule has 94 valence electrons. The Morgan fingerprint density at radius 2 is 1.89 bits per heavy atom. The second-order valence-corrected chi connectivity index (χ2v) is 5.63. The van der Waals surface area contributed by atoms with Crippen LogP contribution >= 0.6 is 15.9 Å². The molecule has 0 aliphatic carbocycles. The summed E-state index contributed by atoms with van der Waals surface area (Å²) in [5.41, 5.74) is 4.52. The summed E-state index contributed by atoms with van der Waals surface area (Å²) in [5.74, 6) is 0. The minimum Gasteiger partial charge on any atom is -0.388 e. The topological polar surface area (TPSA) is 20.2 Å². The van der Waals surface area contributed by atoms with Crippen LogP contribution in [0.25, 0.3) is 0 Å². The molecule has 0 saturated heterocycles. The summed E-state index contributed by atoms with van der Waals surface area (Å²) in [5, 5.41) is 10.3. The van der Waals surface area contributed by atoms with Crippen LogP contribution in [0.5, 0.6) is 0 Å². The van der Waals surface area contributed by atoms with Gasteiger partial charge in [0.1, 0.15) is 0 Å². The van der Waals surface area contributed by atoms with Crippen LogP contribution in [0.1, 0.15) is 28.4 Å². The number of halogens is 1. The van der Waals surface area contributed by atoms with E-state index in [0.717, 1.165) is 15.6 Å². The van der Waals surface area contributed by atoms with Crippen LogP contribution in [0, 0.1) is 13.8 Å². The van der Waals surface area contributed by atoms with Gasteiger partial charge >= 0.3 is 0 Å². The van der Waals surface area contributed by atoms with Gasteiger partial charge in [0.05, 0.1) is 6.10 Å². The molecule has 2 aromatic carbocycles. The summed E-state index contributed by atoms with van der Waals surface area (Å²) in [6.07, 6.45) is 0.212. The van der Waals surface area contributed by atoms with Gasteiger partial charge in [0.25, 0.3) is 0 Å². The third kappa shape index (κ3) is 3.21. The fraction of sp³-hybridized carbons (Fsp3) is 0.250. The van der Waals surface area contributed by atoms with Crippen molar-refractivity contribution in [2.45, 2.75) is 26.4 Å². The van der Waals surface area contributed by atoms with Crippen molar-refractivity contribution in [3.8, 4) is 0 Å². The molecule has 18 heavy (non-hydrogen) atoms. The Morgan fingerprint density at radius 1 is 1.11 bits per heavy atom. The number of aliphatic hydroxyl groups excluding tert-OH is 1. The lowest BCUT2D eigenvalue weighted by atomic mass is 9.97. The van der Waals surface area contributed by atoms with E-state index < -0.39 is 6.10 Å². The van der Waals surface area contributed by atoms with Gasteiger partial charge in [-0.05, 0) is 42.7 Å². The minimum absolute atomic E-state index is 0.445. The van der Waals surface area contributed by atoms with E-state index in [4.69, 9.17) is 0 Å². The molecule has 0 amide bonds. The standard InChI is InChI=1S/C16H17BrO/c1-11-4-3-5-13(8-11)10-16(18)15-7-6-14(17)9-12(15)2/h3-9,16,18H,10H2,1-2H3. The summed E-state index contributed by atoms with van der Waals surface area (Å²) in [6, 6.07) is 14.3. The quantitative estimate of drug-likeness (QED) is 0.894. The Labute approximate surface area is 117 Å². The maximum atomic E-state index is 10.3. The van der Waals surface area contributed by atoms with Crippen molar-refractivity contribution in [3.05, 3.63) is 69.2 Å². The summed E-state index contributed by atoms with van der Waals surface area (Å²) < 4.78 is 1.05. The molecule has 0 aromatic heterocycles.